The zero-order valence-electron chi connectivity index (χ0n) is 19.4. The lowest BCUT2D eigenvalue weighted by atomic mass is 10.0. The summed E-state index contributed by atoms with van der Waals surface area (Å²) in [6, 6.07) is 16.9. The average Bonchev–Trinajstić information content (AvgIpc) is 3.52. The first kappa shape index (κ1) is 23.4. The maximum absolute atomic E-state index is 12.7. The predicted octanol–water partition coefficient (Wildman–Crippen LogP) is 5.40. The van der Waals surface area contributed by atoms with E-state index in [1.54, 1.807) is 37.2 Å². The first-order valence-electron chi connectivity index (χ1n) is 10.7. The largest absolute Gasteiger partial charge is 0.497 e. The maximum atomic E-state index is 12.7. The van der Waals surface area contributed by atoms with Gasteiger partial charge >= 0.3 is 0 Å². The number of methoxy groups -OCH3 is 2. The van der Waals surface area contributed by atoms with Crippen molar-refractivity contribution in [2.24, 2.45) is 0 Å². The molecule has 8 nitrogen and oxygen atoms in total. The van der Waals surface area contributed by atoms with Crippen LogP contribution in [0, 0.1) is 0 Å². The summed E-state index contributed by atoms with van der Waals surface area (Å²) < 4.78 is 18.4. The van der Waals surface area contributed by atoms with Crippen LogP contribution in [-0.4, -0.2) is 40.6 Å². The highest BCUT2D eigenvalue weighted by Gasteiger charge is 2.22. The minimum Gasteiger partial charge on any atom is -0.497 e. The van der Waals surface area contributed by atoms with Gasteiger partial charge in [-0.25, -0.2) is 0 Å². The molecule has 0 fully saturated rings. The zero-order valence-corrected chi connectivity index (χ0v) is 20.3. The van der Waals surface area contributed by atoms with Gasteiger partial charge in [-0.1, -0.05) is 37.7 Å². The fourth-order valence-corrected chi connectivity index (χ4v) is 4.14. The van der Waals surface area contributed by atoms with Gasteiger partial charge in [-0.15, -0.1) is 10.2 Å². The number of carbonyl (C=O) groups is 1. The van der Waals surface area contributed by atoms with E-state index in [0.29, 0.717) is 39.8 Å². The van der Waals surface area contributed by atoms with E-state index >= 15 is 0 Å². The van der Waals surface area contributed by atoms with E-state index in [9.17, 15) is 4.79 Å². The molecule has 0 saturated carbocycles. The van der Waals surface area contributed by atoms with Crippen molar-refractivity contribution in [3.05, 3.63) is 66.4 Å². The number of furan rings is 1. The van der Waals surface area contributed by atoms with Crippen LogP contribution in [-0.2, 0) is 4.79 Å². The summed E-state index contributed by atoms with van der Waals surface area (Å²) in [7, 11) is 3.19. The van der Waals surface area contributed by atoms with Crippen LogP contribution in [0.25, 0.3) is 17.3 Å². The Morgan fingerprint density at radius 2 is 1.88 bits per heavy atom. The Morgan fingerprint density at radius 1 is 1.09 bits per heavy atom. The number of nitrogens with zero attached hydrogens (tertiary/aromatic N) is 3. The van der Waals surface area contributed by atoms with Gasteiger partial charge in [0, 0.05) is 11.8 Å². The van der Waals surface area contributed by atoms with Crippen molar-refractivity contribution < 1.29 is 18.7 Å². The summed E-state index contributed by atoms with van der Waals surface area (Å²) in [5.41, 5.74) is 2.64. The van der Waals surface area contributed by atoms with E-state index in [-0.39, 0.29) is 11.7 Å². The Kier molecular flexibility index (Phi) is 7.22. The smallest absolute Gasteiger partial charge is 0.234 e. The maximum Gasteiger partial charge on any atom is 0.234 e. The van der Waals surface area contributed by atoms with E-state index in [0.717, 1.165) is 5.69 Å². The number of carbonyl (C=O) groups excluding carboxylic acids is 1. The van der Waals surface area contributed by atoms with E-state index in [1.165, 1.54) is 17.3 Å². The van der Waals surface area contributed by atoms with Crippen molar-refractivity contribution in [1.29, 1.82) is 0 Å². The normalized spacial score (nSPS) is 11.0. The van der Waals surface area contributed by atoms with Crippen molar-refractivity contribution in [2.75, 3.05) is 25.3 Å². The fraction of sp³-hybridized carbons (Fsp3) is 0.240. The summed E-state index contributed by atoms with van der Waals surface area (Å²) in [5.74, 6) is 2.72. The summed E-state index contributed by atoms with van der Waals surface area (Å²) in [4.78, 5) is 12.7. The molecule has 4 rings (SSSR count). The minimum atomic E-state index is -0.144. The van der Waals surface area contributed by atoms with Crippen LogP contribution in [0.2, 0.25) is 0 Å². The summed E-state index contributed by atoms with van der Waals surface area (Å²) in [6.45, 7) is 4.27. The molecule has 0 bridgehead atoms. The molecule has 34 heavy (non-hydrogen) atoms. The number of hydrogen-bond acceptors (Lipinski definition) is 7. The van der Waals surface area contributed by atoms with Gasteiger partial charge in [0.2, 0.25) is 11.7 Å². The van der Waals surface area contributed by atoms with Gasteiger partial charge < -0.3 is 19.2 Å². The molecule has 0 atom stereocenters. The Labute approximate surface area is 202 Å². The minimum absolute atomic E-state index is 0.144. The third-order valence-electron chi connectivity index (χ3n) is 5.20. The fourth-order valence-electron chi connectivity index (χ4n) is 3.40. The number of nitrogens with one attached hydrogen (secondary N) is 1. The SMILES string of the molecule is COc1ccc(OC)c(-n2c(SCC(=O)Nc3ccc(C(C)C)cc3)nnc2-c2ccco2)c1. The third-order valence-corrected chi connectivity index (χ3v) is 6.12. The number of thioether (sulfide) groups is 1. The molecule has 2 aromatic carbocycles. The van der Waals surface area contributed by atoms with Gasteiger partial charge in [-0.3, -0.25) is 9.36 Å². The molecule has 0 radical (unpaired) electrons. The molecule has 2 heterocycles. The monoisotopic (exact) mass is 478 g/mol. The molecular formula is C25H26N4O4S. The molecule has 2 aromatic heterocycles. The van der Waals surface area contributed by atoms with Gasteiger partial charge in [-0.05, 0) is 47.9 Å². The average molecular weight is 479 g/mol. The van der Waals surface area contributed by atoms with E-state index in [4.69, 9.17) is 13.9 Å². The highest BCUT2D eigenvalue weighted by atomic mass is 32.2. The van der Waals surface area contributed by atoms with E-state index < -0.39 is 0 Å². The van der Waals surface area contributed by atoms with Crippen LogP contribution < -0.4 is 14.8 Å². The van der Waals surface area contributed by atoms with Crippen LogP contribution in [0.5, 0.6) is 11.5 Å². The Hall–Kier alpha value is -3.72. The van der Waals surface area contributed by atoms with Crippen molar-refractivity contribution >= 4 is 23.4 Å². The van der Waals surface area contributed by atoms with Crippen LogP contribution >= 0.6 is 11.8 Å². The van der Waals surface area contributed by atoms with Gasteiger partial charge in [0.25, 0.3) is 0 Å². The number of benzene rings is 2. The molecule has 0 aliphatic heterocycles. The van der Waals surface area contributed by atoms with Crippen molar-refractivity contribution in [2.45, 2.75) is 24.9 Å². The molecule has 176 valence electrons. The summed E-state index contributed by atoms with van der Waals surface area (Å²) in [6.07, 6.45) is 1.57. The van der Waals surface area contributed by atoms with Crippen LogP contribution in [0.4, 0.5) is 5.69 Å². The lowest BCUT2D eigenvalue weighted by Crippen LogP contribution is -2.14. The Morgan fingerprint density at radius 3 is 2.53 bits per heavy atom. The van der Waals surface area contributed by atoms with Gasteiger partial charge in [0.05, 0.1) is 31.9 Å². The Balaban J connectivity index is 1.60. The molecule has 1 N–H and O–H groups in total. The lowest BCUT2D eigenvalue weighted by molar-refractivity contribution is -0.113. The standard InChI is InChI=1S/C25H26N4O4S/c1-16(2)17-7-9-18(10-8-17)26-23(30)15-34-25-28-27-24(22-6-5-13-33-22)29(25)20-14-19(31-3)11-12-21(20)32-4/h5-14,16H,15H2,1-4H3,(H,26,30). The van der Waals surface area contributed by atoms with E-state index in [2.05, 4.69) is 29.4 Å². The van der Waals surface area contributed by atoms with Crippen LogP contribution in [0.3, 0.4) is 0 Å². The molecule has 4 aromatic rings. The van der Waals surface area contributed by atoms with Crippen LogP contribution in [0.15, 0.2) is 70.4 Å². The van der Waals surface area contributed by atoms with Gasteiger partial charge in [0.1, 0.15) is 11.5 Å². The van der Waals surface area contributed by atoms with E-state index in [1.807, 2.05) is 42.5 Å². The third kappa shape index (κ3) is 5.09. The van der Waals surface area contributed by atoms with Crippen molar-refractivity contribution in [3.63, 3.8) is 0 Å². The molecule has 0 spiro atoms. The second kappa shape index (κ2) is 10.5. The van der Waals surface area contributed by atoms with Crippen molar-refractivity contribution in [3.8, 4) is 28.8 Å². The molecule has 1 amide bonds. The summed E-state index contributed by atoms with van der Waals surface area (Å²) in [5, 5.41) is 12.1. The van der Waals surface area contributed by atoms with Gasteiger partial charge in [-0.2, -0.15) is 0 Å². The number of hydrogen-bond donors (Lipinski definition) is 1. The Bertz CT molecular complexity index is 1250. The van der Waals surface area contributed by atoms with Crippen molar-refractivity contribution in [1.82, 2.24) is 14.8 Å². The molecular weight excluding hydrogens is 452 g/mol. The second-order valence-corrected chi connectivity index (χ2v) is 8.71. The molecule has 9 heteroatoms. The van der Waals surface area contributed by atoms with Crippen LogP contribution in [0.1, 0.15) is 25.3 Å². The van der Waals surface area contributed by atoms with Gasteiger partial charge in [0.15, 0.2) is 10.9 Å². The number of amides is 1. The highest BCUT2D eigenvalue weighted by Crippen LogP contribution is 2.35. The second-order valence-electron chi connectivity index (χ2n) is 7.77. The molecule has 0 unspecified atom stereocenters. The summed E-state index contributed by atoms with van der Waals surface area (Å²) >= 11 is 1.27. The first-order valence-corrected chi connectivity index (χ1v) is 11.7. The lowest BCUT2D eigenvalue weighted by Gasteiger charge is -2.14. The number of anilines is 1. The highest BCUT2D eigenvalue weighted by molar-refractivity contribution is 7.99. The topological polar surface area (TPSA) is 91.4 Å². The number of aromatic nitrogens is 3. The first-order chi connectivity index (χ1) is 16.5. The zero-order chi connectivity index (χ0) is 24.1. The molecule has 0 saturated heterocycles. The molecule has 0 aliphatic carbocycles. The predicted molar refractivity (Wildman–Crippen MR) is 132 cm³/mol. The number of rotatable bonds is 9. The number of ether oxygens (including phenoxy) is 2. The quantitative estimate of drug-likeness (QED) is 0.322. The molecule has 0 aliphatic rings.